The van der Waals surface area contributed by atoms with Gasteiger partial charge in [0.25, 0.3) is 5.91 Å². The van der Waals surface area contributed by atoms with Crippen LogP contribution >= 0.6 is 15.9 Å². The summed E-state index contributed by atoms with van der Waals surface area (Å²) in [5.74, 6) is -0.0885. The largest absolute Gasteiger partial charge is 0.457 e. The molecule has 5 heteroatoms. The molecule has 0 saturated carbocycles. The molecule has 1 N–H and O–H groups in total. The number of halogens is 1. The van der Waals surface area contributed by atoms with Gasteiger partial charge in [-0.1, -0.05) is 0 Å². The van der Waals surface area contributed by atoms with E-state index in [2.05, 4.69) is 15.9 Å². The zero-order valence-electron chi connectivity index (χ0n) is 8.15. The molecule has 1 aliphatic rings. The summed E-state index contributed by atoms with van der Waals surface area (Å²) in [5, 5.41) is 9.47. The topological polar surface area (TPSA) is 53.7 Å². The van der Waals surface area contributed by atoms with Gasteiger partial charge in [-0.25, -0.2) is 0 Å². The first-order valence-electron chi connectivity index (χ1n) is 4.89. The van der Waals surface area contributed by atoms with Crippen LogP contribution in [0.25, 0.3) is 0 Å². The maximum Gasteiger partial charge on any atom is 0.258 e. The Hall–Kier alpha value is -0.810. The fourth-order valence-electron chi connectivity index (χ4n) is 1.76. The Balaban J connectivity index is 2.11. The Kier molecular flexibility index (Phi) is 3.11. The average Bonchev–Trinajstić information content (AvgIpc) is 2.63. The summed E-state index contributed by atoms with van der Waals surface area (Å²) in [5.41, 5.74) is 0.518. The van der Waals surface area contributed by atoms with Crippen LogP contribution in [0.3, 0.4) is 0 Å². The van der Waals surface area contributed by atoms with Crippen molar-refractivity contribution in [3.63, 3.8) is 0 Å². The lowest BCUT2D eigenvalue weighted by molar-refractivity contribution is 0.0472. The standard InChI is InChI=1S/C10H12BrNO3/c11-9-8(3-5-15-9)10(14)12-4-1-2-7(13)6-12/h3,5,7,13H,1-2,4,6H2. The molecule has 1 atom stereocenters. The first kappa shape index (κ1) is 10.7. The van der Waals surface area contributed by atoms with Crippen molar-refractivity contribution in [3.8, 4) is 0 Å². The van der Waals surface area contributed by atoms with E-state index in [1.807, 2.05) is 0 Å². The lowest BCUT2D eigenvalue weighted by Crippen LogP contribution is -2.42. The van der Waals surface area contributed by atoms with E-state index < -0.39 is 6.10 Å². The molecule has 1 aliphatic heterocycles. The van der Waals surface area contributed by atoms with E-state index in [0.717, 1.165) is 12.8 Å². The molecule has 1 aromatic heterocycles. The second-order valence-electron chi connectivity index (χ2n) is 3.66. The lowest BCUT2D eigenvalue weighted by atomic mass is 10.1. The molecule has 0 aliphatic carbocycles. The van der Waals surface area contributed by atoms with E-state index in [9.17, 15) is 9.90 Å². The highest BCUT2D eigenvalue weighted by Gasteiger charge is 2.25. The zero-order chi connectivity index (χ0) is 10.8. The molecule has 82 valence electrons. The molecule has 4 nitrogen and oxygen atoms in total. The number of furan rings is 1. The van der Waals surface area contributed by atoms with Crippen LogP contribution in [0, 0.1) is 0 Å². The van der Waals surface area contributed by atoms with E-state index in [0.29, 0.717) is 23.3 Å². The summed E-state index contributed by atoms with van der Waals surface area (Å²) in [7, 11) is 0. The van der Waals surface area contributed by atoms with Crippen molar-refractivity contribution in [1.82, 2.24) is 4.90 Å². The van der Waals surface area contributed by atoms with Crippen molar-refractivity contribution in [2.24, 2.45) is 0 Å². The van der Waals surface area contributed by atoms with Crippen LogP contribution in [0.1, 0.15) is 23.2 Å². The number of piperidine rings is 1. The molecule has 0 aromatic carbocycles. The Labute approximate surface area is 96.0 Å². The molecular weight excluding hydrogens is 262 g/mol. The van der Waals surface area contributed by atoms with Gasteiger partial charge in [0.1, 0.15) is 0 Å². The van der Waals surface area contributed by atoms with E-state index in [1.165, 1.54) is 6.26 Å². The van der Waals surface area contributed by atoms with E-state index in [1.54, 1.807) is 11.0 Å². The Morgan fingerprint density at radius 3 is 3.07 bits per heavy atom. The number of carbonyl (C=O) groups excluding carboxylic acids is 1. The monoisotopic (exact) mass is 273 g/mol. The molecule has 1 amide bonds. The van der Waals surface area contributed by atoms with Crippen molar-refractivity contribution in [3.05, 3.63) is 22.6 Å². The molecule has 1 saturated heterocycles. The van der Waals surface area contributed by atoms with Gasteiger partial charge in [-0.05, 0) is 34.8 Å². The van der Waals surface area contributed by atoms with Crippen LogP contribution in [0.15, 0.2) is 21.4 Å². The van der Waals surface area contributed by atoms with Crippen molar-refractivity contribution < 1.29 is 14.3 Å². The van der Waals surface area contributed by atoms with Gasteiger partial charge in [0.05, 0.1) is 17.9 Å². The summed E-state index contributed by atoms with van der Waals surface area (Å²) in [4.78, 5) is 13.6. The number of likely N-dealkylation sites (tertiary alicyclic amines) is 1. The molecule has 2 rings (SSSR count). The highest BCUT2D eigenvalue weighted by atomic mass is 79.9. The van der Waals surface area contributed by atoms with Crippen molar-refractivity contribution in [2.75, 3.05) is 13.1 Å². The molecule has 1 aromatic rings. The van der Waals surface area contributed by atoms with Gasteiger partial charge in [-0.15, -0.1) is 0 Å². The fraction of sp³-hybridized carbons (Fsp3) is 0.500. The Morgan fingerprint density at radius 1 is 1.67 bits per heavy atom. The minimum absolute atomic E-state index is 0.0885. The summed E-state index contributed by atoms with van der Waals surface area (Å²) < 4.78 is 5.46. The maximum absolute atomic E-state index is 12.0. The molecule has 0 spiro atoms. The fourth-order valence-corrected chi connectivity index (χ4v) is 2.17. The van der Waals surface area contributed by atoms with Crippen LogP contribution in [-0.4, -0.2) is 35.1 Å². The molecule has 1 fully saturated rings. The number of β-amino-alcohol motifs (C(OH)–C–C–N with tert-alkyl or cyclic N) is 1. The van der Waals surface area contributed by atoms with Gasteiger partial charge in [0.15, 0.2) is 4.67 Å². The first-order chi connectivity index (χ1) is 7.18. The quantitative estimate of drug-likeness (QED) is 0.847. The number of carbonyl (C=O) groups is 1. The highest BCUT2D eigenvalue weighted by Crippen LogP contribution is 2.21. The minimum Gasteiger partial charge on any atom is -0.457 e. The first-order valence-corrected chi connectivity index (χ1v) is 5.68. The summed E-state index contributed by atoms with van der Waals surface area (Å²) >= 11 is 3.17. The van der Waals surface area contributed by atoms with Crippen LogP contribution in [-0.2, 0) is 0 Å². The number of rotatable bonds is 1. The van der Waals surface area contributed by atoms with Crippen molar-refractivity contribution in [2.45, 2.75) is 18.9 Å². The normalized spacial score (nSPS) is 21.7. The summed E-state index contributed by atoms with van der Waals surface area (Å²) in [6.07, 6.45) is 2.70. The van der Waals surface area contributed by atoms with Crippen LogP contribution in [0.2, 0.25) is 0 Å². The third-order valence-electron chi connectivity index (χ3n) is 2.53. The highest BCUT2D eigenvalue weighted by molar-refractivity contribution is 9.10. The molecule has 2 heterocycles. The number of hydrogen-bond donors (Lipinski definition) is 1. The SMILES string of the molecule is O=C(c1ccoc1Br)N1CCCC(O)C1. The number of aliphatic hydroxyl groups excluding tert-OH is 1. The second-order valence-corrected chi connectivity index (χ2v) is 4.38. The smallest absolute Gasteiger partial charge is 0.258 e. The maximum atomic E-state index is 12.0. The summed E-state index contributed by atoms with van der Waals surface area (Å²) in [6.45, 7) is 1.12. The number of nitrogens with zero attached hydrogens (tertiary/aromatic N) is 1. The number of hydrogen-bond acceptors (Lipinski definition) is 3. The van der Waals surface area contributed by atoms with E-state index in [-0.39, 0.29) is 5.91 Å². The van der Waals surface area contributed by atoms with Gasteiger partial charge >= 0.3 is 0 Å². The van der Waals surface area contributed by atoms with Gasteiger partial charge < -0.3 is 14.4 Å². The Bertz CT molecular complexity index is 363. The average molecular weight is 274 g/mol. The van der Waals surface area contributed by atoms with Gasteiger partial charge in [-0.2, -0.15) is 0 Å². The predicted octanol–water partition coefficient (Wildman–Crippen LogP) is 1.64. The third-order valence-corrected chi connectivity index (χ3v) is 3.15. The van der Waals surface area contributed by atoms with Crippen LogP contribution in [0.4, 0.5) is 0 Å². The zero-order valence-corrected chi connectivity index (χ0v) is 9.74. The predicted molar refractivity (Wildman–Crippen MR) is 57.6 cm³/mol. The molecule has 0 radical (unpaired) electrons. The van der Waals surface area contributed by atoms with E-state index >= 15 is 0 Å². The van der Waals surface area contributed by atoms with Crippen molar-refractivity contribution >= 4 is 21.8 Å². The van der Waals surface area contributed by atoms with Gasteiger partial charge in [0.2, 0.25) is 0 Å². The van der Waals surface area contributed by atoms with Gasteiger partial charge in [-0.3, -0.25) is 4.79 Å². The van der Waals surface area contributed by atoms with E-state index in [4.69, 9.17) is 4.42 Å². The summed E-state index contributed by atoms with van der Waals surface area (Å²) in [6, 6.07) is 1.63. The lowest BCUT2D eigenvalue weighted by Gasteiger charge is -2.29. The Morgan fingerprint density at radius 2 is 2.47 bits per heavy atom. The molecule has 15 heavy (non-hydrogen) atoms. The number of amides is 1. The van der Waals surface area contributed by atoms with Crippen molar-refractivity contribution in [1.29, 1.82) is 0 Å². The third kappa shape index (κ3) is 2.23. The molecule has 0 bridgehead atoms. The molecule has 1 unspecified atom stereocenters. The molecular formula is C10H12BrNO3. The second kappa shape index (κ2) is 4.37. The van der Waals surface area contributed by atoms with Gasteiger partial charge in [0, 0.05) is 13.1 Å². The van der Waals surface area contributed by atoms with Crippen LogP contribution in [0.5, 0.6) is 0 Å². The number of aliphatic hydroxyl groups is 1. The van der Waals surface area contributed by atoms with Crippen LogP contribution < -0.4 is 0 Å². The minimum atomic E-state index is -0.395.